The molecule has 0 saturated heterocycles. The van der Waals surface area contributed by atoms with Crippen LogP contribution in [-0.4, -0.2) is 6.54 Å². The van der Waals surface area contributed by atoms with E-state index < -0.39 is 0 Å². The Morgan fingerprint density at radius 3 is 2.92 bits per heavy atom. The third-order valence-corrected chi connectivity index (χ3v) is 2.73. The van der Waals surface area contributed by atoms with Gasteiger partial charge in [0.2, 0.25) is 0 Å². The molecule has 1 heterocycles. The number of para-hydroxylation sites is 1. The van der Waals surface area contributed by atoms with Crippen molar-refractivity contribution in [2.75, 3.05) is 11.4 Å². The lowest BCUT2D eigenvalue weighted by Gasteiger charge is -2.19. The van der Waals surface area contributed by atoms with Crippen LogP contribution in [0.3, 0.4) is 0 Å². The number of fused-ring (bicyclic) bond motifs is 1. The molecule has 1 nitrogen and oxygen atoms in total. The maximum atomic E-state index is 2.38. The maximum Gasteiger partial charge on any atom is 0.0441 e. The fourth-order valence-electron chi connectivity index (χ4n) is 1.86. The van der Waals surface area contributed by atoms with Crippen LogP contribution < -0.4 is 4.90 Å². The molecule has 1 heteroatoms. The molecule has 1 aliphatic heterocycles. The van der Waals surface area contributed by atoms with Crippen molar-refractivity contribution >= 4 is 5.69 Å². The first-order valence-electron chi connectivity index (χ1n) is 4.81. The predicted octanol–water partition coefficient (Wildman–Crippen LogP) is 2.97. The van der Waals surface area contributed by atoms with Crippen LogP contribution in [0, 0.1) is 0 Å². The lowest BCUT2D eigenvalue weighted by Crippen LogP contribution is -2.17. The van der Waals surface area contributed by atoms with E-state index >= 15 is 0 Å². The summed E-state index contributed by atoms with van der Waals surface area (Å²) in [5.74, 6) is 0. The first kappa shape index (κ1) is 8.36. The Kier molecular flexibility index (Phi) is 2.09. The highest BCUT2D eigenvalue weighted by Crippen LogP contribution is 2.30. The molecule has 0 aromatic heterocycles. The molecule has 0 saturated carbocycles. The number of anilines is 1. The summed E-state index contributed by atoms with van der Waals surface area (Å²) in [6.45, 7) is 5.40. The summed E-state index contributed by atoms with van der Waals surface area (Å²) < 4.78 is 0. The molecule has 0 aliphatic carbocycles. The van der Waals surface area contributed by atoms with Gasteiger partial charge in [0, 0.05) is 17.9 Å². The van der Waals surface area contributed by atoms with Crippen molar-refractivity contribution in [1.29, 1.82) is 0 Å². The lowest BCUT2D eigenvalue weighted by atomic mass is 10.2. The van der Waals surface area contributed by atoms with E-state index in [1.807, 2.05) is 0 Å². The summed E-state index contributed by atoms with van der Waals surface area (Å²) in [7, 11) is 0. The van der Waals surface area contributed by atoms with Crippen molar-refractivity contribution in [3.05, 3.63) is 41.6 Å². The molecular weight excluding hydrogens is 158 g/mol. The largest absolute Gasteiger partial charge is 0.345 e. The molecule has 0 N–H and O–H groups in total. The smallest absolute Gasteiger partial charge is 0.0441 e. The van der Waals surface area contributed by atoms with Gasteiger partial charge in [-0.25, -0.2) is 0 Å². The summed E-state index contributed by atoms with van der Waals surface area (Å²) in [5.41, 5.74) is 4.21. The minimum atomic E-state index is 1.13. The summed E-state index contributed by atoms with van der Waals surface area (Å²) in [6, 6.07) is 8.65. The van der Waals surface area contributed by atoms with Crippen molar-refractivity contribution in [2.45, 2.75) is 20.3 Å². The number of rotatable bonds is 1. The summed E-state index contributed by atoms with van der Waals surface area (Å²) >= 11 is 0. The number of hydrogen-bond acceptors (Lipinski definition) is 1. The monoisotopic (exact) mass is 173 g/mol. The molecule has 0 radical (unpaired) electrons. The Morgan fingerprint density at radius 1 is 1.38 bits per heavy atom. The standard InChI is InChI=1S/C12H15N/c1-3-10(2)13-9-8-11-6-4-5-7-12(11)13/h3-7H,8-9H2,1-2H3. The van der Waals surface area contributed by atoms with Crippen LogP contribution in [-0.2, 0) is 6.42 Å². The normalized spacial score (nSPS) is 16.2. The van der Waals surface area contributed by atoms with Crippen molar-refractivity contribution in [1.82, 2.24) is 0 Å². The minimum Gasteiger partial charge on any atom is -0.345 e. The van der Waals surface area contributed by atoms with Gasteiger partial charge in [-0.2, -0.15) is 0 Å². The van der Waals surface area contributed by atoms with Crippen LogP contribution >= 0.6 is 0 Å². The van der Waals surface area contributed by atoms with Gasteiger partial charge in [-0.3, -0.25) is 0 Å². The third-order valence-electron chi connectivity index (χ3n) is 2.73. The second-order valence-electron chi connectivity index (χ2n) is 3.46. The second-order valence-corrected chi connectivity index (χ2v) is 3.46. The van der Waals surface area contributed by atoms with E-state index in [0.717, 1.165) is 6.54 Å². The van der Waals surface area contributed by atoms with Crippen molar-refractivity contribution in [3.8, 4) is 0 Å². The Labute approximate surface area is 79.7 Å². The van der Waals surface area contributed by atoms with Crippen LogP contribution in [0.4, 0.5) is 5.69 Å². The van der Waals surface area contributed by atoms with Crippen molar-refractivity contribution in [3.63, 3.8) is 0 Å². The van der Waals surface area contributed by atoms with Gasteiger partial charge in [-0.1, -0.05) is 24.3 Å². The SMILES string of the molecule is CC=C(C)N1CCc2ccccc21. The summed E-state index contributed by atoms with van der Waals surface area (Å²) in [5, 5.41) is 0. The molecular formula is C12H15N. The van der Waals surface area contributed by atoms with Gasteiger partial charge in [0.1, 0.15) is 0 Å². The number of allylic oxidation sites excluding steroid dienone is 2. The van der Waals surface area contributed by atoms with E-state index in [-0.39, 0.29) is 0 Å². The number of benzene rings is 1. The number of nitrogens with zero attached hydrogens (tertiary/aromatic N) is 1. The fraction of sp³-hybridized carbons (Fsp3) is 0.333. The van der Waals surface area contributed by atoms with Gasteiger partial charge < -0.3 is 4.90 Å². The molecule has 0 amide bonds. The van der Waals surface area contributed by atoms with Crippen LogP contribution in [0.15, 0.2) is 36.0 Å². The van der Waals surface area contributed by atoms with Crippen molar-refractivity contribution < 1.29 is 0 Å². The fourth-order valence-corrected chi connectivity index (χ4v) is 1.86. The summed E-state index contributed by atoms with van der Waals surface area (Å²) in [6.07, 6.45) is 3.35. The van der Waals surface area contributed by atoms with Gasteiger partial charge in [0.25, 0.3) is 0 Å². The first-order chi connectivity index (χ1) is 6.33. The molecule has 0 spiro atoms. The van der Waals surface area contributed by atoms with E-state index in [0.29, 0.717) is 0 Å². The Hall–Kier alpha value is -1.24. The van der Waals surface area contributed by atoms with Crippen LogP contribution in [0.2, 0.25) is 0 Å². The highest BCUT2D eigenvalue weighted by Gasteiger charge is 2.18. The Morgan fingerprint density at radius 2 is 2.15 bits per heavy atom. The number of hydrogen-bond donors (Lipinski definition) is 0. The highest BCUT2D eigenvalue weighted by molar-refractivity contribution is 5.61. The average molecular weight is 173 g/mol. The van der Waals surface area contributed by atoms with Crippen LogP contribution in [0.25, 0.3) is 0 Å². The van der Waals surface area contributed by atoms with Gasteiger partial charge in [-0.05, 0) is 31.9 Å². The molecule has 1 aliphatic rings. The second kappa shape index (κ2) is 3.25. The highest BCUT2D eigenvalue weighted by atomic mass is 15.2. The van der Waals surface area contributed by atoms with E-state index in [9.17, 15) is 0 Å². The molecule has 0 unspecified atom stereocenters. The van der Waals surface area contributed by atoms with E-state index in [1.54, 1.807) is 0 Å². The molecule has 0 bridgehead atoms. The zero-order chi connectivity index (χ0) is 9.26. The van der Waals surface area contributed by atoms with E-state index in [4.69, 9.17) is 0 Å². The Balaban J connectivity index is 2.39. The van der Waals surface area contributed by atoms with Gasteiger partial charge in [0.05, 0.1) is 0 Å². The molecule has 13 heavy (non-hydrogen) atoms. The zero-order valence-electron chi connectivity index (χ0n) is 8.25. The molecule has 68 valence electrons. The predicted molar refractivity (Wildman–Crippen MR) is 56.9 cm³/mol. The van der Waals surface area contributed by atoms with E-state index in [2.05, 4.69) is 49.1 Å². The van der Waals surface area contributed by atoms with Gasteiger partial charge >= 0.3 is 0 Å². The minimum absolute atomic E-state index is 1.13. The molecule has 1 aromatic rings. The first-order valence-corrected chi connectivity index (χ1v) is 4.81. The Bertz CT molecular complexity index is 339. The molecule has 1 aromatic carbocycles. The molecule has 0 atom stereocenters. The van der Waals surface area contributed by atoms with Gasteiger partial charge in [0.15, 0.2) is 0 Å². The molecule has 2 rings (SSSR count). The summed E-state index contributed by atoms with van der Waals surface area (Å²) in [4.78, 5) is 2.38. The lowest BCUT2D eigenvalue weighted by molar-refractivity contribution is 0.942. The van der Waals surface area contributed by atoms with Crippen LogP contribution in [0.1, 0.15) is 19.4 Å². The average Bonchev–Trinajstić information content (AvgIpc) is 2.60. The maximum absolute atomic E-state index is 2.38. The third kappa shape index (κ3) is 1.35. The van der Waals surface area contributed by atoms with E-state index in [1.165, 1.54) is 23.4 Å². The molecule has 0 fully saturated rings. The van der Waals surface area contributed by atoms with Crippen molar-refractivity contribution in [2.24, 2.45) is 0 Å². The quantitative estimate of drug-likeness (QED) is 0.631. The zero-order valence-corrected chi connectivity index (χ0v) is 8.25. The van der Waals surface area contributed by atoms with Gasteiger partial charge in [-0.15, -0.1) is 0 Å². The van der Waals surface area contributed by atoms with Crippen LogP contribution in [0.5, 0.6) is 0 Å². The topological polar surface area (TPSA) is 3.24 Å².